The third kappa shape index (κ3) is 4.26. The van der Waals surface area contributed by atoms with Crippen LogP contribution in [0.15, 0.2) is 0 Å². The fourth-order valence-corrected chi connectivity index (χ4v) is 1.55. The van der Waals surface area contributed by atoms with E-state index in [1.165, 1.54) is 0 Å². The second kappa shape index (κ2) is 5.80. The van der Waals surface area contributed by atoms with Crippen LogP contribution in [0.1, 0.15) is 20.8 Å². The number of carbonyl (C=O) groups excluding carboxylic acids is 1. The van der Waals surface area contributed by atoms with Crippen molar-refractivity contribution >= 4 is 5.91 Å². The van der Waals surface area contributed by atoms with Gasteiger partial charge in [-0.1, -0.05) is 0 Å². The average molecular weight is 242 g/mol. The maximum absolute atomic E-state index is 11.9. The van der Waals surface area contributed by atoms with Gasteiger partial charge in [0.2, 0.25) is 5.91 Å². The molecule has 5 heteroatoms. The minimum atomic E-state index is -0.107. The number of amides is 1. The van der Waals surface area contributed by atoms with Crippen LogP contribution in [-0.2, 0) is 4.79 Å². The fourth-order valence-electron chi connectivity index (χ4n) is 1.55. The number of nitrogens with zero attached hydrogens (tertiary/aromatic N) is 1. The number of piperazine rings is 1. The lowest BCUT2D eigenvalue weighted by molar-refractivity contribution is -0.123. The Morgan fingerprint density at radius 2 is 2.00 bits per heavy atom. The molecule has 0 bridgehead atoms. The molecule has 0 saturated carbocycles. The lowest BCUT2D eigenvalue weighted by atomic mass is 10.0. The second-order valence-electron chi connectivity index (χ2n) is 5.69. The third-order valence-electron chi connectivity index (χ3n) is 3.56. The van der Waals surface area contributed by atoms with Crippen molar-refractivity contribution in [2.45, 2.75) is 38.4 Å². The molecule has 1 aliphatic heterocycles. The fraction of sp³-hybridized carbons (Fsp3) is 0.917. The van der Waals surface area contributed by atoms with Crippen LogP contribution in [0.2, 0.25) is 0 Å². The topological polar surface area (TPSA) is 56.4 Å². The molecule has 1 saturated heterocycles. The van der Waals surface area contributed by atoms with Crippen LogP contribution in [0.5, 0.6) is 0 Å². The molecule has 0 aliphatic carbocycles. The van der Waals surface area contributed by atoms with Gasteiger partial charge in [0.25, 0.3) is 0 Å². The Bertz CT molecular complexity index is 257. The molecule has 100 valence electrons. The number of likely N-dealkylation sites (N-methyl/N-ethyl adjacent to an activating group) is 1. The summed E-state index contributed by atoms with van der Waals surface area (Å²) in [5.41, 5.74) is -0.0228. The molecule has 1 fully saturated rings. The predicted octanol–water partition coefficient (Wildman–Crippen LogP) is -0.607. The smallest absolute Gasteiger partial charge is 0.238 e. The van der Waals surface area contributed by atoms with Gasteiger partial charge < -0.3 is 20.9 Å². The van der Waals surface area contributed by atoms with Crippen molar-refractivity contribution in [3.05, 3.63) is 0 Å². The summed E-state index contributed by atoms with van der Waals surface area (Å²) >= 11 is 0. The van der Waals surface area contributed by atoms with Crippen LogP contribution < -0.4 is 16.0 Å². The first-order valence-electron chi connectivity index (χ1n) is 6.25. The first-order chi connectivity index (χ1) is 7.83. The Hall–Kier alpha value is -0.650. The zero-order valence-corrected chi connectivity index (χ0v) is 11.6. The monoisotopic (exact) mass is 242 g/mol. The number of carbonyl (C=O) groups is 1. The van der Waals surface area contributed by atoms with Crippen LogP contribution in [0, 0.1) is 0 Å². The highest BCUT2D eigenvalue weighted by Crippen LogP contribution is 2.07. The average Bonchev–Trinajstić information content (AvgIpc) is 2.27. The minimum Gasteiger partial charge on any atom is -0.353 e. The molecule has 1 heterocycles. The summed E-state index contributed by atoms with van der Waals surface area (Å²) < 4.78 is 0. The van der Waals surface area contributed by atoms with Gasteiger partial charge in [0.15, 0.2) is 0 Å². The zero-order valence-electron chi connectivity index (χ0n) is 11.6. The molecule has 17 heavy (non-hydrogen) atoms. The van der Waals surface area contributed by atoms with E-state index in [1.54, 1.807) is 0 Å². The first-order valence-corrected chi connectivity index (χ1v) is 6.25. The molecule has 1 amide bonds. The van der Waals surface area contributed by atoms with E-state index in [1.807, 2.05) is 14.1 Å². The number of nitrogens with one attached hydrogen (secondary N) is 3. The quantitative estimate of drug-likeness (QED) is 0.616. The van der Waals surface area contributed by atoms with Crippen LogP contribution in [-0.4, -0.2) is 62.2 Å². The normalized spacial score (nSPS) is 26.0. The molecule has 2 atom stereocenters. The SMILES string of the molecule is CC1CNC(C(=O)NCC(C)(C)N(C)C)CN1. The lowest BCUT2D eigenvalue weighted by Gasteiger charge is -2.34. The summed E-state index contributed by atoms with van der Waals surface area (Å²) in [5, 5.41) is 9.55. The Labute approximate surface area is 104 Å². The molecule has 3 N–H and O–H groups in total. The third-order valence-corrected chi connectivity index (χ3v) is 3.56. The zero-order chi connectivity index (χ0) is 13.1. The maximum atomic E-state index is 11.9. The highest BCUT2D eigenvalue weighted by molar-refractivity contribution is 5.82. The molecule has 1 rings (SSSR count). The molecule has 0 radical (unpaired) electrons. The van der Waals surface area contributed by atoms with E-state index in [4.69, 9.17) is 0 Å². The number of hydrogen-bond donors (Lipinski definition) is 3. The molecular formula is C12H26N4O. The molecule has 1 aliphatic rings. The van der Waals surface area contributed by atoms with Crippen LogP contribution in [0.3, 0.4) is 0 Å². The highest BCUT2D eigenvalue weighted by Gasteiger charge is 2.26. The summed E-state index contributed by atoms with van der Waals surface area (Å²) in [7, 11) is 4.04. The lowest BCUT2D eigenvalue weighted by Crippen LogP contribution is -2.60. The van der Waals surface area contributed by atoms with Gasteiger partial charge in [-0.25, -0.2) is 0 Å². The second-order valence-corrected chi connectivity index (χ2v) is 5.69. The van der Waals surface area contributed by atoms with Crippen molar-refractivity contribution in [3.8, 4) is 0 Å². The van der Waals surface area contributed by atoms with E-state index in [-0.39, 0.29) is 17.5 Å². The molecular weight excluding hydrogens is 216 g/mol. The van der Waals surface area contributed by atoms with Gasteiger partial charge in [0, 0.05) is 31.2 Å². The van der Waals surface area contributed by atoms with Crippen molar-refractivity contribution in [1.29, 1.82) is 0 Å². The van der Waals surface area contributed by atoms with Crippen molar-refractivity contribution in [3.63, 3.8) is 0 Å². The molecule has 0 aromatic carbocycles. The van der Waals surface area contributed by atoms with Crippen molar-refractivity contribution in [2.24, 2.45) is 0 Å². The van der Waals surface area contributed by atoms with Gasteiger partial charge in [-0.05, 0) is 34.9 Å². The molecule has 0 aromatic rings. The largest absolute Gasteiger partial charge is 0.353 e. The van der Waals surface area contributed by atoms with Crippen LogP contribution in [0.25, 0.3) is 0 Å². The standard InChI is InChI=1S/C12H26N4O/c1-9-6-14-10(7-13-9)11(17)15-8-12(2,3)16(4)5/h9-10,13-14H,6-8H2,1-5H3,(H,15,17). The van der Waals surface area contributed by atoms with Crippen LogP contribution >= 0.6 is 0 Å². The van der Waals surface area contributed by atoms with E-state index in [0.717, 1.165) is 6.54 Å². The summed E-state index contributed by atoms with van der Waals surface area (Å²) in [6, 6.07) is 0.335. The van der Waals surface area contributed by atoms with Gasteiger partial charge in [0.1, 0.15) is 0 Å². The van der Waals surface area contributed by atoms with Crippen molar-refractivity contribution < 1.29 is 4.79 Å². The van der Waals surface area contributed by atoms with E-state index in [9.17, 15) is 4.79 Å². The summed E-state index contributed by atoms with van der Waals surface area (Å²) in [6.07, 6.45) is 0. The van der Waals surface area contributed by atoms with Crippen LogP contribution in [0.4, 0.5) is 0 Å². The van der Waals surface area contributed by atoms with Crippen molar-refractivity contribution in [1.82, 2.24) is 20.9 Å². The first kappa shape index (κ1) is 14.4. The minimum absolute atomic E-state index is 0.0228. The predicted molar refractivity (Wildman–Crippen MR) is 70.0 cm³/mol. The van der Waals surface area contributed by atoms with Gasteiger partial charge in [-0.15, -0.1) is 0 Å². The maximum Gasteiger partial charge on any atom is 0.238 e. The van der Waals surface area contributed by atoms with E-state index in [2.05, 4.69) is 41.6 Å². The Kier molecular flexibility index (Phi) is 4.91. The van der Waals surface area contributed by atoms with E-state index < -0.39 is 0 Å². The number of hydrogen-bond acceptors (Lipinski definition) is 4. The molecule has 0 spiro atoms. The van der Waals surface area contributed by atoms with E-state index in [0.29, 0.717) is 19.1 Å². The molecule has 0 aromatic heterocycles. The van der Waals surface area contributed by atoms with Gasteiger partial charge >= 0.3 is 0 Å². The summed E-state index contributed by atoms with van der Waals surface area (Å²) in [4.78, 5) is 14.1. The Morgan fingerprint density at radius 1 is 1.35 bits per heavy atom. The molecule has 2 unspecified atom stereocenters. The van der Waals surface area contributed by atoms with E-state index >= 15 is 0 Å². The van der Waals surface area contributed by atoms with Gasteiger partial charge in [0.05, 0.1) is 6.04 Å². The molecule has 5 nitrogen and oxygen atoms in total. The van der Waals surface area contributed by atoms with Gasteiger partial charge in [-0.2, -0.15) is 0 Å². The van der Waals surface area contributed by atoms with Gasteiger partial charge in [-0.3, -0.25) is 4.79 Å². The van der Waals surface area contributed by atoms with Crippen molar-refractivity contribution in [2.75, 3.05) is 33.7 Å². The summed E-state index contributed by atoms with van der Waals surface area (Å²) in [5.74, 6) is 0.0827. The summed E-state index contributed by atoms with van der Waals surface area (Å²) in [6.45, 7) is 8.54. The highest BCUT2D eigenvalue weighted by atomic mass is 16.2. The Balaban J connectivity index is 2.35. The Morgan fingerprint density at radius 3 is 2.47 bits per heavy atom. The number of rotatable bonds is 4.